The highest BCUT2D eigenvalue weighted by molar-refractivity contribution is 6.31. The molecule has 0 bridgehead atoms. The Morgan fingerprint density at radius 1 is 1.56 bits per heavy atom. The standard InChI is InChI=1S/C11H12ClF2NO3/c1-3-18-9(16)5-8-7(12)4-6(10(13)14)11(15-8)17-2/h4,10H,3,5H2,1-2H3. The molecule has 0 fully saturated rings. The second-order valence-electron chi connectivity index (χ2n) is 3.30. The number of aromatic nitrogens is 1. The van der Waals surface area contributed by atoms with Gasteiger partial charge in [0.2, 0.25) is 5.88 Å². The van der Waals surface area contributed by atoms with Crippen molar-refractivity contribution in [2.45, 2.75) is 19.8 Å². The van der Waals surface area contributed by atoms with E-state index in [0.29, 0.717) is 0 Å². The molecular formula is C11H12ClF2NO3. The number of nitrogens with zero attached hydrogens (tertiary/aromatic N) is 1. The third-order valence-electron chi connectivity index (χ3n) is 2.09. The number of hydrogen-bond acceptors (Lipinski definition) is 4. The highest BCUT2D eigenvalue weighted by Crippen LogP contribution is 2.31. The van der Waals surface area contributed by atoms with Crippen molar-refractivity contribution in [2.24, 2.45) is 0 Å². The fourth-order valence-electron chi connectivity index (χ4n) is 1.31. The predicted octanol–water partition coefficient (Wildman–Crippen LogP) is 2.79. The molecule has 0 N–H and O–H groups in total. The van der Waals surface area contributed by atoms with Gasteiger partial charge >= 0.3 is 5.97 Å². The lowest BCUT2D eigenvalue weighted by Crippen LogP contribution is -2.10. The normalized spacial score (nSPS) is 10.6. The van der Waals surface area contributed by atoms with E-state index in [1.165, 1.54) is 7.11 Å². The Balaban J connectivity index is 3.04. The van der Waals surface area contributed by atoms with Crippen LogP contribution in [-0.4, -0.2) is 24.7 Å². The Hall–Kier alpha value is -1.43. The van der Waals surface area contributed by atoms with E-state index in [0.717, 1.165) is 6.07 Å². The molecule has 7 heteroatoms. The maximum atomic E-state index is 12.6. The fraction of sp³-hybridized carbons (Fsp3) is 0.455. The number of carbonyl (C=O) groups excluding carboxylic acids is 1. The van der Waals surface area contributed by atoms with Crippen LogP contribution in [0, 0.1) is 0 Å². The van der Waals surface area contributed by atoms with Crippen molar-refractivity contribution in [1.29, 1.82) is 0 Å². The summed E-state index contributed by atoms with van der Waals surface area (Å²) in [6.45, 7) is 1.89. The topological polar surface area (TPSA) is 48.4 Å². The van der Waals surface area contributed by atoms with E-state index in [4.69, 9.17) is 21.1 Å². The summed E-state index contributed by atoms with van der Waals surface area (Å²) < 4.78 is 34.7. The summed E-state index contributed by atoms with van der Waals surface area (Å²) in [5.74, 6) is -0.771. The molecule has 0 amide bonds. The Kier molecular flexibility index (Phi) is 5.27. The summed E-state index contributed by atoms with van der Waals surface area (Å²) >= 11 is 5.79. The van der Waals surface area contributed by atoms with Crippen LogP contribution in [0.4, 0.5) is 8.78 Å². The van der Waals surface area contributed by atoms with Crippen LogP contribution in [-0.2, 0) is 16.0 Å². The molecule has 0 aliphatic heterocycles. The number of pyridine rings is 1. The second kappa shape index (κ2) is 6.49. The number of halogens is 3. The molecule has 4 nitrogen and oxygen atoms in total. The number of ether oxygens (including phenoxy) is 2. The number of rotatable bonds is 5. The highest BCUT2D eigenvalue weighted by atomic mass is 35.5. The lowest BCUT2D eigenvalue weighted by Gasteiger charge is -2.10. The van der Waals surface area contributed by atoms with E-state index in [-0.39, 0.29) is 29.6 Å². The molecule has 0 atom stereocenters. The number of methoxy groups -OCH3 is 1. The first-order chi connectivity index (χ1) is 8.49. The van der Waals surface area contributed by atoms with Gasteiger partial charge in [0.15, 0.2) is 0 Å². The van der Waals surface area contributed by atoms with Crippen LogP contribution in [0.1, 0.15) is 24.6 Å². The second-order valence-corrected chi connectivity index (χ2v) is 3.71. The Labute approximate surface area is 108 Å². The first-order valence-electron chi connectivity index (χ1n) is 5.16. The van der Waals surface area contributed by atoms with Crippen LogP contribution < -0.4 is 4.74 Å². The zero-order valence-electron chi connectivity index (χ0n) is 9.87. The molecule has 100 valence electrons. The van der Waals surface area contributed by atoms with Gasteiger partial charge in [-0.05, 0) is 13.0 Å². The molecule has 1 rings (SSSR count). The lowest BCUT2D eigenvalue weighted by molar-refractivity contribution is -0.142. The van der Waals surface area contributed by atoms with Gasteiger partial charge in [0, 0.05) is 0 Å². The van der Waals surface area contributed by atoms with Crippen LogP contribution in [0.15, 0.2) is 6.07 Å². The number of hydrogen-bond donors (Lipinski definition) is 0. The maximum absolute atomic E-state index is 12.6. The van der Waals surface area contributed by atoms with Crippen molar-refractivity contribution >= 4 is 17.6 Å². The van der Waals surface area contributed by atoms with Gasteiger partial charge in [-0.15, -0.1) is 0 Å². The number of esters is 1. The summed E-state index contributed by atoms with van der Waals surface area (Å²) in [6.07, 6.45) is -2.94. The summed E-state index contributed by atoms with van der Waals surface area (Å²) in [6, 6.07) is 1.05. The molecule has 0 aliphatic carbocycles. The Morgan fingerprint density at radius 3 is 2.72 bits per heavy atom. The van der Waals surface area contributed by atoms with Crippen LogP contribution in [0.3, 0.4) is 0 Å². The first-order valence-corrected chi connectivity index (χ1v) is 5.54. The summed E-state index contributed by atoms with van der Waals surface area (Å²) in [4.78, 5) is 15.1. The Morgan fingerprint density at radius 2 is 2.22 bits per heavy atom. The van der Waals surface area contributed by atoms with Crippen molar-refractivity contribution < 1.29 is 23.0 Å². The van der Waals surface area contributed by atoms with E-state index in [2.05, 4.69) is 4.98 Å². The quantitative estimate of drug-likeness (QED) is 0.778. The molecule has 0 aliphatic rings. The third kappa shape index (κ3) is 3.53. The molecule has 0 aromatic carbocycles. The molecule has 1 heterocycles. The van der Waals surface area contributed by atoms with Crippen LogP contribution in [0.25, 0.3) is 0 Å². The van der Waals surface area contributed by atoms with Crippen molar-refractivity contribution in [2.75, 3.05) is 13.7 Å². The molecule has 0 unspecified atom stereocenters. The smallest absolute Gasteiger partial charge is 0.311 e. The van der Waals surface area contributed by atoms with E-state index < -0.39 is 18.0 Å². The first kappa shape index (κ1) is 14.6. The maximum Gasteiger partial charge on any atom is 0.311 e. The minimum Gasteiger partial charge on any atom is -0.481 e. The van der Waals surface area contributed by atoms with E-state index >= 15 is 0 Å². The molecule has 1 aromatic heterocycles. The van der Waals surface area contributed by atoms with Gasteiger partial charge in [0.05, 0.1) is 36.4 Å². The van der Waals surface area contributed by atoms with Crippen LogP contribution in [0.5, 0.6) is 5.88 Å². The molecule has 1 aromatic rings. The van der Waals surface area contributed by atoms with Crippen molar-refractivity contribution in [1.82, 2.24) is 4.98 Å². The molecule has 0 saturated heterocycles. The van der Waals surface area contributed by atoms with Gasteiger partial charge in [-0.2, -0.15) is 0 Å². The minimum atomic E-state index is -2.75. The number of alkyl halides is 2. The van der Waals surface area contributed by atoms with Gasteiger partial charge < -0.3 is 9.47 Å². The van der Waals surface area contributed by atoms with E-state index in [1.54, 1.807) is 6.92 Å². The van der Waals surface area contributed by atoms with Crippen molar-refractivity contribution in [3.63, 3.8) is 0 Å². The molecule has 0 saturated carbocycles. The summed E-state index contributed by atoms with van der Waals surface area (Å²) in [5, 5.41) is -0.0147. The molecule has 0 spiro atoms. The van der Waals surface area contributed by atoms with Crippen molar-refractivity contribution in [3.05, 3.63) is 22.3 Å². The van der Waals surface area contributed by atoms with Crippen molar-refractivity contribution in [3.8, 4) is 5.88 Å². The average molecular weight is 280 g/mol. The molecule has 18 heavy (non-hydrogen) atoms. The van der Waals surface area contributed by atoms with E-state index in [9.17, 15) is 13.6 Å². The number of carbonyl (C=O) groups is 1. The fourth-order valence-corrected chi connectivity index (χ4v) is 1.54. The molecular weight excluding hydrogens is 268 g/mol. The highest BCUT2D eigenvalue weighted by Gasteiger charge is 2.20. The minimum absolute atomic E-state index is 0.0147. The Bertz CT molecular complexity index is 441. The van der Waals surface area contributed by atoms with Gasteiger partial charge in [-0.25, -0.2) is 13.8 Å². The van der Waals surface area contributed by atoms with Crippen LogP contribution >= 0.6 is 11.6 Å². The average Bonchev–Trinajstić information content (AvgIpc) is 2.31. The zero-order valence-corrected chi connectivity index (χ0v) is 10.6. The third-order valence-corrected chi connectivity index (χ3v) is 2.41. The SMILES string of the molecule is CCOC(=O)Cc1nc(OC)c(C(F)F)cc1Cl. The van der Waals surface area contributed by atoms with E-state index in [1.807, 2.05) is 0 Å². The van der Waals surface area contributed by atoms with Gasteiger partial charge in [0.25, 0.3) is 6.43 Å². The zero-order chi connectivity index (χ0) is 13.7. The monoisotopic (exact) mass is 279 g/mol. The molecule has 0 radical (unpaired) electrons. The largest absolute Gasteiger partial charge is 0.481 e. The summed E-state index contributed by atoms with van der Waals surface area (Å²) in [5.41, 5.74) is -0.258. The lowest BCUT2D eigenvalue weighted by atomic mass is 10.2. The van der Waals surface area contributed by atoms with Gasteiger partial charge in [0.1, 0.15) is 0 Å². The summed E-state index contributed by atoms with van der Waals surface area (Å²) in [7, 11) is 1.22. The van der Waals surface area contributed by atoms with Crippen LogP contribution in [0.2, 0.25) is 5.02 Å². The van der Waals surface area contributed by atoms with Gasteiger partial charge in [-0.1, -0.05) is 11.6 Å². The van der Waals surface area contributed by atoms with Gasteiger partial charge in [-0.3, -0.25) is 4.79 Å². The predicted molar refractivity (Wildman–Crippen MR) is 61.1 cm³/mol.